The first-order valence-corrected chi connectivity index (χ1v) is 3.75. The van der Waals surface area contributed by atoms with Gasteiger partial charge in [0.15, 0.2) is 0 Å². The van der Waals surface area contributed by atoms with E-state index in [1.807, 2.05) is 19.1 Å². The Hall–Kier alpha value is -0.340. The molecule has 0 spiro atoms. The van der Waals surface area contributed by atoms with Gasteiger partial charge in [0.2, 0.25) is 0 Å². The molecular formula is C8H16O2. The van der Waals surface area contributed by atoms with Crippen molar-refractivity contribution in [2.24, 2.45) is 0 Å². The molecule has 0 aromatic heterocycles. The molecule has 0 amide bonds. The zero-order valence-electron chi connectivity index (χ0n) is 6.45. The molecule has 0 aromatic carbocycles. The lowest BCUT2D eigenvalue weighted by atomic mass is 10.2. The summed E-state index contributed by atoms with van der Waals surface area (Å²) in [5.41, 5.74) is 0. The standard InChI is InChI=1S/C8H16O2/c1-2-8(10)6-4-3-5-7-9/h3-4,8-10H,2,5-7H2,1H3. The minimum absolute atomic E-state index is 0.193. The van der Waals surface area contributed by atoms with E-state index >= 15 is 0 Å². The van der Waals surface area contributed by atoms with Crippen molar-refractivity contribution in [1.82, 2.24) is 0 Å². The fourth-order valence-corrected chi connectivity index (χ4v) is 0.612. The highest BCUT2D eigenvalue weighted by Gasteiger charge is 1.94. The maximum Gasteiger partial charge on any atom is 0.0572 e. The molecular weight excluding hydrogens is 128 g/mol. The second-order valence-electron chi connectivity index (χ2n) is 2.28. The van der Waals surface area contributed by atoms with Crippen molar-refractivity contribution in [3.05, 3.63) is 12.2 Å². The summed E-state index contributed by atoms with van der Waals surface area (Å²) in [4.78, 5) is 0. The number of aliphatic hydroxyl groups is 2. The van der Waals surface area contributed by atoms with E-state index in [1.54, 1.807) is 0 Å². The van der Waals surface area contributed by atoms with Gasteiger partial charge in [0, 0.05) is 6.61 Å². The summed E-state index contributed by atoms with van der Waals surface area (Å²) in [6, 6.07) is 0. The Morgan fingerprint density at radius 1 is 1.40 bits per heavy atom. The molecule has 60 valence electrons. The first kappa shape index (κ1) is 9.66. The summed E-state index contributed by atoms with van der Waals surface area (Å²) < 4.78 is 0. The van der Waals surface area contributed by atoms with Crippen LogP contribution < -0.4 is 0 Å². The first-order chi connectivity index (χ1) is 4.81. The number of rotatable bonds is 5. The highest BCUT2D eigenvalue weighted by atomic mass is 16.3. The Bertz CT molecular complexity index is 89.3. The van der Waals surface area contributed by atoms with E-state index in [-0.39, 0.29) is 12.7 Å². The van der Waals surface area contributed by atoms with Crippen LogP contribution in [0.1, 0.15) is 26.2 Å². The van der Waals surface area contributed by atoms with Crippen molar-refractivity contribution < 1.29 is 10.2 Å². The lowest BCUT2D eigenvalue weighted by molar-refractivity contribution is 0.173. The van der Waals surface area contributed by atoms with E-state index < -0.39 is 0 Å². The fraction of sp³-hybridized carbons (Fsp3) is 0.750. The summed E-state index contributed by atoms with van der Waals surface area (Å²) in [6.07, 6.45) is 5.77. The number of hydrogen-bond acceptors (Lipinski definition) is 2. The SMILES string of the molecule is CCC(O)CC=CCCO. The average Bonchev–Trinajstić information content (AvgIpc) is 1.98. The van der Waals surface area contributed by atoms with Gasteiger partial charge < -0.3 is 10.2 Å². The van der Waals surface area contributed by atoms with Crippen molar-refractivity contribution in [3.8, 4) is 0 Å². The molecule has 0 aliphatic carbocycles. The molecule has 0 saturated carbocycles. The largest absolute Gasteiger partial charge is 0.396 e. The van der Waals surface area contributed by atoms with Gasteiger partial charge in [-0.25, -0.2) is 0 Å². The van der Waals surface area contributed by atoms with E-state index in [9.17, 15) is 0 Å². The topological polar surface area (TPSA) is 40.5 Å². The third-order valence-corrected chi connectivity index (χ3v) is 1.34. The molecule has 0 aliphatic rings. The number of hydrogen-bond donors (Lipinski definition) is 2. The van der Waals surface area contributed by atoms with Crippen LogP contribution in [0.4, 0.5) is 0 Å². The average molecular weight is 144 g/mol. The molecule has 2 nitrogen and oxygen atoms in total. The quantitative estimate of drug-likeness (QED) is 0.567. The Balaban J connectivity index is 3.16. The van der Waals surface area contributed by atoms with Crippen LogP contribution in [0.25, 0.3) is 0 Å². The van der Waals surface area contributed by atoms with Crippen molar-refractivity contribution in [3.63, 3.8) is 0 Å². The van der Waals surface area contributed by atoms with Gasteiger partial charge in [0.05, 0.1) is 6.10 Å². The molecule has 0 saturated heterocycles. The molecule has 0 aliphatic heterocycles. The molecule has 0 radical (unpaired) electrons. The minimum Gasteiger partial charge on any atom is -0.396 e. The monoisotopic (exact) mass is 144 g/mol. The van der Waals surface area contributed by atoms with E-state index in [0.717, 1.165) is 6.42 Å². The van der Waals surface area contributed by atoms with Gasteiger partial charge in [-0.15, -0.1) is 0 Å². The minimum atomic E-state index is -0.213. The Morgan fingerprint density at radius 3 is 2.60 bits per heavy atom. The van der Waals surface area contributed by atoms with E-state index in [2.05, 4.69) is 0 Å². The van der Waals surface area contributed by atoms with E-state index in [4.69, 9.17) is 10.2 Å². The van der Waals surface area contributed by atoms with Gasteiger partial charge >= 0.3 is 0 Å². The Labute approximate surface area is 62.2 Å². The summed E-state index contributed by atoms with van der Waals surface area (Å²) >= 11 is 0. The Kier molecular flexibility index (Phi) is 6.55. The van der Waals surface area contributed by atoms with Gasteiger partial charge in [-0.2, -0.15) is 0 Å². The molecule has 0 bridgehead atoms. The van der Waals surface area contributed by atoms with Crippen LogP contribution in [-0.2, 0) is 0 Å². The summed E-state index contributed by atoms with van der Waals surface area (Å²) in [5.74, 6) is 0. The van der Waals surface area contributed by atoms with E-state index in [1.165, 1.54) is 0 Å². The molecule has 1 atom stereocenters. The first-order valence-electron chi connectivity index (χ1n) is 3.75. The molecule has 2 N–H and O–H groups in total. The smallest absolute Gasteiger partial charge is 0.0572 e. The molecule has 0 aromatic rings. The van der Waals surface area contributed by atoms with E-state index in [0.29, 0.717) is 12.8 Å². The molecule has 2 heteroatoms. The van der Waals surface area contributed by atoms with Gasteiger partial charge in [-0.1, -0.05) is 19.1 Å². The normalized spacial score (nSPS) is 14.3. The van der Waals surface area contributed by atoms with Crippen LogP contribution in [-0.4, -0.2) is 22.9 Å². The summed E-state index contributed by atoms with van der Waals surface area (Å²) in [7, 11) is 0. The van der Waals surface area contributed by atoms with Crippen LogP contribution in [0.3, 0.4) is 0 Å². The number of aliphatic hydroxyl groups excluding tert-OH is 2. The second kappa shape index (κ2) is 6.78. The third-order valence-electron chi connectivity index (χ3n) is 1.34. The van der Waals surface area contributed by atoms with Crippen molar-refractivity contribution in [2.45, 2.75) is 32.3 Å². The predicted octanol–water partition coefficient (Wildman–Crippen LogP) is 1.09. The molecule has 0 heterocycles. The van der Waals surface area contributed by atoms with Gasteiger partial charge in [-0.3, -0.25) is 0 Å². The maximum atomic E-state index is 9.04. The molecule has 0 fully saturated rings. The van der Waals surface area contributed by atoms with Gasteiger partial charge in [0.25, 0.3) is 0 Å². The summed E-state index contributed by atoms with van der Waals surface area (Å²) in [5, 5.41) is 17.4. The van der Waals surface area contributed by atoms with Gasteiger partial charge in [0.1, 0.15) is 0 Å². The van der Waals surface area contributed by atoms with Crippen LogP contribution >= 0.6 is 0 Å². The molecule has 10 heavy (non-hydrogen) atoms. The highest BCUT2D eigenvalue weighted by molar-refractivity contribution is 4.83. The lowest BCUT2D eigenvalue weighted by Crippen LogP contribution is -2.01. The highest BCUT2D eigenvalue weighted by Crippen LogP contribution is 1.97. The van der Waals surface area contributed by atoms with Crippen LogP contribution in [0, 0.1) is 0 Å². The third kappa shape index (κ3) is 5.79. The van der Waals surface area contributed by atoms with Crippen LogP contribution in [0.15, 0.2) is 12.2 Å². The van der Waals surface area contributed by atoms with Crippen LogP contribution in [0.2, 0.25) is 0 Å². The maximum absolute atomic E-state index is 9.04. The second-order valence-corrected chi connectivity index (χ2v) is 2.28. The Morgan fingerprint density at radius 2 is 2.10 bits per heavy atom. The lowest BCUT2D eigenvalue weighted by Gasteiger charge is -2.00. The van der Waals surface area contributed by atoms with Crippen molar-refractivity contribution >= 4 is 0 Å². The zero-order chi connectivity index (χ0) is 7.82. The zero-order valence-corrected chi connectivity index (χ0v) is 6.45. The van der Waals surface area contributed by atoms with Gasteiger partial charge in [-0.05, 0) is 19.3 Å². The summed E-state index contributed by atoms with van der Waals surface area (Å²) in [6.45, 7) is 2.14. The predicted molar refractivity (Wildman–Crippen MR) is 41.8 cm³/mol. The molecule has 0 rings (SSSR count). The van der Waals surface area contributed by atoms with Crippen molar-refractivity contribution in [2.75, 3.05) is 6.61 Å². The van der Waals surface area contributed by atoms with Crippen molar-refractivity contribution in [1.29, 1.82) is 0 Å². The fourth-order valence-electron chi connectivity index (χ4n) is 0.612. The van der Waals surface area contributed by atoms with Crippen LogP contribution in [0.5, 0.6) is 0 Å². The molecule has 1 unspecified atom stereocenters.